The minimum absolute atomic E-state index is 0.0000473. The number of hydrogen-bond donors (Lipinski definition) is 1. The summed E-state index contributed by atoms with van der Waals surface area (Å²) in [6.45, 7) is 5.95. The van der Waals surface area contributed by atoms with Crippen molar-refractivity contribution in [2.75, 3.05) is 23.7 Å². The molecule has 0 radical (unpaired) electrons. The molecular formula is C31H38FN3O4S. The highest BCUT2D eigenvalue weighted by molar-refractivity contribution is 7.92. The number of nitrogens with zero attached hydrogens (tertiary/aromatic N) is 2. The summed E-state index contributed by atoms with van der Waals surface area (Å²) < 4.78 is 40.5. The number of halogens is 1. The maximum atomic E-state index is 14.0. The average Bonchev–Trinajstić information content (AvgIpc) is 2.93. The molecule has 0 bridgehead atoms. The molecule has 40 heavy (non-hydrogen) atoms. The van der Waals surface area contributed by atoms with Crippen molar-refractivity contribution in [3.05, 3.63) is 101 Å². The van der Waals surface area contributed by atoms with Crippen molar-refractivity contribution in [2.45, 2.75) is 52.1 Å². The van der Waals surface area contributed by atoms with Crippen LogP contribution in [0, 0.1) is 5.82 Å². The smallest absolute Gasteiger partial charge is 0.244 e. The van der Waals surface area contributed by atoms with Crippen molar-refractivity contribution in [3.63, 3.8) is 0 Å². The third-order valence-corrected chi connectivity index (χ3v) is 7.75. The molecule has 0 aliphatic carbocycles. The van der Waals surface area contributed by atoms with Crippen molar-refractivity contribution >= 4 is 27.5 Å². The van der Waals surface area contributed by atoms with E-state index in [0.717, 1.165) is 21.7 Å². The summed E-state index contributed by atoms with van der Waals surface area (Å²) in [5.41, 5.74) is 2.86. The maximum absolute atomic E-state index is 14.0. The monoisotopic (exact) mass is 567 g/mol. The highest BCUT2D eigenvalue weighted by Crippen LogP contribution is 2.23. The first-order valence-corrected chi connectivity index (χ1v) is 15.3. The minimum Gasteiger partial charge on any atom is -0.354 e. The number of amides is 2. The zero-order valence-electron chi connectivity index (χ0n) is 23.5. The Labute approximate surface area is 237 Å². The Morgan fingerprint density at radius 2 is 1.52 bits per heavy atom. The topological polar surface area (TPSA) is 86.8 Å². The molecule has 3 aromatic carbocycles. The lowest BCUT2D eigenvalue weighted by atomic mass is 10.0. The van der Waals surface area contributed by atoms with Crippen LogP contribution in [0.3, 0.4) is 0 Å². The van der Waals surface area contributed by atoms with Gasteiger partial charge in [-0.25, -0.2) is 12.8 Å². The number of sulfonamides is 1. The molecule has 0 saturated heterocycles. The molecule has 0 saturated carbocycles. The summed E-state index contributed by atoms with van der Waals surface area (Å²) in [4.78, 5) is 28.8. The lowest BCUT2D eigenvalue weighted by Gasteiger charge is -2.33. The van der Waals surface area contributed by atoms with Crippen LogP contribution in [0.4, 0.5) is 10.1 Å². The molecule has 1 N–H and O–H groups in total. The zero-order valence-corrected chi connectivity index (χ0v) is 24.3. The summed E-state index contributed by atoms with van der Waals surface area (Å²) in [7, 11) is -3.84. The van der Waals surface area contributed by atoms with E-state index in [1.807, 2.05) is 63.2 Å². The molecule has 2 amide bonds. The minimum atomic E-state index is -3.84. The second-order valence-corrected chi connectivity index (χ2v) is 12.1. The Bertz CT molecular complexity index is 1360. The first-order chi connectivity index (χ1) is 19.0. The van der Waals surface area contributed by atoms with E-state index in [0.29, 0.717) is 24.2 Å². The largest absolute Gasteiger partial charge is 0.354 e. The Morgan fingerprint density at radius 3 is 2.08 bits per heavy atom. The quantitative estimate of drug-likeness (QED) is 0.319. The standard InChI is InChI=1S/C31H38FN3O4S/c1-5-19-33-31(37)29(20-24-9-7-6-8-10-24)34(21-25-11-15-27(32)16-12-25)30(36)22-35(40(4,38)39)28-17-13-26(14-18-28)23(2)3/h6-18,23,29H,5,19-22H2,1-4H3,(H,33,37)/t29-/m1/s1. The summed E-state index contributed by atoms with van der Waals surface area (Å²) in [6, 6.07) is 21.2. The fourth-order valence-corrected chi connectivity index (χ4v) is 5.20. The lowest BCUT2D eigenvalue weighted by Crippen LogP contribution is -2.53. The van der Waals surface area contributed by atoms with E-state index >= 15 is 0 Å². The SMILES string of the molecule is CCCNC(=O)[C@@H](Cc1ccccc1)N(Cc1ccc(F)cc1)C(=O)CN(c1ccc(C(C)C)cc1)S(C)(=O)=O. The van der Waals surface area contributed by atoms with Crippen LogP contribution in [0.2, 0.25) is 0 Å². The fraction of sp³-hybridized carbons (Fsp3) is 0.355. The molecule has 0 spiro atoms. The van der Waals surface area contributed by atoms with Gasteiger partial charge in [-0.3, -0.25) is 13.9 Å². The van der Waals surface area contributed by atoms with Gasteiger partial charge < -0.3 is 10.2 Å². The molecule has 0 fully saturated rings. The van der Waals surface area contributed by atoms with Crippen molar-refractivity contribution in [3.8, 4) is 0 Å². The molecule has 3 aromatic rings. The van der Waals surface area contributed by atoms with Crippen LogP contribution in [-0.2, 0) is 32.6 Å². The van der Waals surface area contributed by atoms with Crippen LogP contribution in [0.5, 0.6) is 0 Å². The van der Waals surface area contributed by atoms with E-state index in [1.165, 1.54) is 17.0 Å². The van der Waals surface area contributed by atoms with E-state index in [1.54, 1.807) is 24.3 Å². The van der Waals surface area contributed by atoms with Gasteiger partial charge in [-0.05, 0) is 53.3 Å². The molecule has 7 nitrogen and oxygen atoms in total. The number of hydrogen-bond acceptors (Lipinski definition) is 4. The van der Waals surface area contributed by atoms with Gasteiger partial charge in [0.15, 0.2) is 0 Å². The van der Waals surface area contributed by atoms with Gasteiger partial charge >= 0.3 is 0 Å². The van der Waals surface area contributed by atoms with Gasteiger partial charge in [-0.1, -0.05) is 75.4 Å². The first kappa shape index (κ1) is 30.8. The van der Waals surface area contributed by atoms with Crippen molar-refractivity contribution < 1.29 is 22.4 Å². The van der Waals surface area contributed by atoms with Gasteiger partial charge in [0.1, 0.15) is 18.4 Å². The summed E-state index contributed by atoms with van der Waals surface area (Å²) in [6.07, 6.45) is 1.99. The highest BCUT2D eigenvalue weighted by atomic mass is 32.2. The Kier molecular flexibility index (Phi) is 10.8. The molecule has 9 heteroatoms. The predicted octanol–water partition coefficient (Wildman–Crippen LogP) is 4.88. The third-order valence-electron chi connectivity index (χ3n) is 6.61. The average molecular weight is 568 g/mol. The second-order valence-electron chi connectivity index (χ2n) is 10.2. The molecule has 0 unspecified atom stereocenters. The van der Waals surface area contributed by atoms with Crippen LogP contribution in [0.15, 0.2) is 78.9 Å². The highest BCUT2D eigenvalue weighted by Gasteiger charge is 2.33. The molecule has 0 aliphatic rings. The fourth-order valence-electron chi connectivity index (χ4n) is 4.35. The van der Waals surface area contributed by atoms with Gasteiger partial charge in [0, 0.05) is 19.5 Å². The number of benzene rings is 3. The van der Waals surface area contributed by atoms with Crippen molar-refractivity contribution in [1.29, 1.82) is 0 Å². The Balaban J connectivity index is 2.02. The number of carbonyl (C=O) groups excluding carboxylic acids is 2. The van der Waals surface area contributed by atoms with Crippen LogP contribution in [0.1, 0.15) is 49.8 Å². The number of anilines is 1. The maximum Gasteiger partial charge on any atom is 0.244 e. The predicted molar refractivity (Wildman–Crippen MR) is 157 cm³/mol. The van der Waals surface area contributed by atoms with Crippen molar-refractivity contribution in [1.82, 2.24) is 10.2 Å². The Morgan fingerprint density at radius 1 is 0.900 bits per heavy atom. The first-order valence-electron chi connectivity index (χ1n) is 13.4. The summed E-state index contributed by atoms with van der Waals surface area (Å²) >= 11 is 0. The molecule has 214 valence electrons. The van der Waals surface area contributed by atoms with Gasteiger partial charge in [-0.2, -0.15) is 0 Å². The van der Waals surface area contributed by atoms with E-state index in [-0.39, 0.29) is 24.8 Å². The molecule has 0 heterocycles. The third kappa shape index (κ3) is 8.64. The number of carbonyl (C=O) groups is 2. The summed E-state index contributed by atoms with van der Waals surface area (Å²) in [5.74, 6) is -1.05. The van der Waals surface area contributed by atoms with E-state index in [9.17, 15) is 22.4 Å². The van der Waals surface area contributed by atoms with E-state index in [2.05, 4.69) is 5.32 Å². The number of nitrogens with one attached hydrogen (secondary N) is 1. The summed E-state index contributed by atoms with van der Waals surface area (Å²) in [5, 5.41) is 2.89. The Hall–Kier alpha value is -3.72. The normalized spacial score (nSPS) is 12.2. The van der Waals surface area contributed by atoms with Crippen LogP contribution >= 0.6 is 0 Å². The molecule has 3 rings (SSSR count). The van der Waals surface area contributed by atoms with Gasteiger partial charge in [0.25, 0.3) is 0 Å². The second kappa shape index (κ2) is 14.1. The van der Waals surface area contributed by atoms with Crippen LogP contribution < -0.4 is 9.62 Å². The molecular weight excluding hydrogens is 529 g/mol. The molecule has 0 aliphatic heterocycles. The van der Waals surface area contributed by atoms with Crippen LogP contribution in [0.25, 0.3) is 0 Å². The van der Waals surface area contributed by atoms with Crippen LogP contribution in [-0.4, -0.2) is 50.5 Å². The molecule has 1 atom stereocenters. The van der Waals surface area contributed by atoms with Gasteiger partial charge in [0.2, 0.25) is 21.8 Å². The lowest BCUT2D eigenvalue weighted by molar-refractivity contribution is -0.140. The van der Waals surface area contributed by atoms with Gasteiger partial charge in [0.05, 0.1) is 11.9 Å². The molecule has 0 aromatic heterocycles. The van der Waals surface area contributed by atoms with Gasteiger partial charge in [-0.15, -0.1) is 0 Å². The zero-order chi connectivity index (χ0) is 29.3. The van der Waals surface area contributed by atoms with E-state index < -0.39 is 34.3 Å². The van der Waals surface area contributed by atoms with E-state index in [4.69, 9.17) is 0 Å². The van der Waals surface area contributed by atoms with Crippen molar-refractivity contribution in [2.24, 2.45) is 0 Å². The number of rotatable bonds is 13.